The van der Waals surface area contributed by atoms with Crippen LogP contribution in [0.4, 0.5) is 5.82 Å². The number of pyridine rings is 2. The molecule has 0 radical (unpaired) electrons. The highest BCUT2D eigenvalue weighted by atomic mass is 16.2. The van der Waals surface area contributed by atoms with Gasteiger partial charge in [0.1, 0.15) is 5.52 Å². The molecule has 0 aliphatic carbocycles. The van der Waals surface area contributed by atoms with Gasteiger partial charge in [0.2, 0.25) is 0 Å². The van der Waals surface area contributed by atoms with E-state index in [9.17, 15) is 4.79 Å². The standard InChI is InChI=1S/C25H26N6O/c1-30-17-28-23-22(30)15-21(29-24(23)27-16-18-5-3-2-4-6-18)19-9-13-31(14-10-19)25(32)20-7-11-26-12-8-20/h2-8,11-12,15,17,19H,9-10,13-14,16H2,1H3,(H,27,29). The third-order valence-electron chi connectivity index (χ3n) is 6.16. The smallest absolute Gasteiger partial charge is 0.253 e. The van der Waals surface area contributed by atoms with E-state index in [1.54, 1.807) is 24.5 Å². The van der Waals surface area contributed by atoms with Crippen LogP contribution >= 0.6 is 0 Å². The van der Waals surface area contributed by atoms with E-state index in [1.165, 1.54) is 5.56 Å². The Morgan fingerprint density at radius 3 is 2.59 bits per heavy atom. The van der Waals surface area contributed by atoms with Gasteiger partial charge in [-0.15, -0.1) is 0 Å². The molecule has 1 aliphatic heterocycles. The molecule has 7 nitrogen and oxygen atoms in total. The Hall–Kier alpha value is -3.74. The molecule has 4 heterocycles. The number of nitrogens with one attached hydrogen (secondary N) is 1. The predicted octanol–water partition coefficient (Wildman–Crippen LogP) is 4.00. The van der Waals surface area contributed by atoms with E-state index >= 15 is 0 Å². The Morgan fingerprint density at radius 1 is 1.09 bits per heavy atom. The molecule has 4 aromatic rings. The number of nitrogens with zero attached hydrogens (tertiary/aromatic N) is 5. The van der Waals surface area contributed by atoms with E-state index in [0.717, 1.165) is 48.5 Å². The third kappa shape index (κ3) is 4.06. The number of amides is 1. The maximum Gasteiger partial charge on any atom is 0.253 e. The minimum absolute atomic E-state index is 0.0751. The third-order valence-corrected chi connectivity index (χ3v) is 6.16. The Balaban J connectivity index is 1.34. The molecule has 1 fully saturated rings. The largest absolute Gasteiger partial charge is 0.364 e. The highest BCUT2D eigenvalue weighted by Gasteiger charge is 2.26. The zero-order valence-electron chi connectivity index (χ0n) is 18.1. The Morgan fingerprint density at radius 2 is 1.84 bits per heavy atom. The lowest BCUT2D eigenvalue weighted by atomic mass is 9.92. The molecule has 162 valence electrons. The average Bonchev–Trinajstić information content (AvgIpc) is 3.24. The number of anilines is 1. The summed E-state index contributed by atoms with van der Waals surface area (Å²) in [7, 11) is 2.01. The van der Waals surface area contributed by atoms with E-state index in [4.69, 9.17) is 4.98 Å². The first-order valence-electron chi connectivity index (χ1n) is 11.0. The molecule has 32 heavy (non-hydrogen) atoms. The minimum atomic E-state index is 0.0751. The Bertz CT molecular complexity index is 1210. The van der Waals surface area contributed by atoms with Crippen LogP contribution in [0.5, 0.6) is 0 Å². The number of hydrogen-bond donors (Lipinski definition) is 1. The molecule has 0 bridgehead atoms. The number of fused-ring (bicyclic) bond motifs is 1. The summed E-state index contributed by atoms with van der Waals surface area (Å²) < 4.78 is 2.04. The number of likely N-dealkylation sites (tertiary alicyclic amines) is 1. The van der Waals surface area contributed by atoms with Crippen LogP contribution in [-0.2, 0) is 13.6 Å². The van der Waals surface area contributed by atoms with Gasteiger partial charge in [0.05, 0.1) is 11.8 Å². The summed E-state index contributed by atoms with van der Waals surface area (Å²) in [5, 5.41) is 3.49. The highest BCUT2D eigenvalue weighted by Crippen LogP contribution is 2.31. The highest BCUT2D eigenvalue weighted by molar-refractivity contribution is 5.94. The molecule has 0 unspecified atom stereocenters. The summed E-state index contributed by atoms with van der Waals surface area (Å²) in [5.74, 6) is 1.21. The Kier molecular flexibility index (Phi) is 5.54. The van der Waals surface area contributed by atoms with Crippen molar-refractivity contribution in [1.29, 1.82) is 0 Å². The van der Waals surface area contributed by atoms with Crippen LogP contribution in [0.25, 0.3) is 11.0 Å². The van der Waals surface area contributed by atoms with Gasteiger partial charge in [-0.2, -0.15) is 0 Å². The molecule has 0 saturated carbocycles. The lowest BCUT2D eigenvalue weighted by Crippen LogP contribution is -2.38. The number of aromatic nitrogens is 4. The second-order valence-electron chi connectivity index (χ2n) is 8.26. The average molecular weight is 427 g/mol. The van der Waals surface area contributed by atoms with Gasteiger partial charge in [0.15, 0.2) is 5.82 Å². The van der Waals surface area contributed by atoms with Crippen molar-refractivity contribution in [1.82, 2.24) is 24.4 Å². The first-order chi connectivity index (χ1) is 15.7. The van der Waals surface area contributed by atoms with Gasteiger partial charge in [-0.1, -0.05) is 30.3 Å². The number of piperidine rings is 1. The number of imidazole rings is 1. The van der Waals surface area contributed by atoms with Crippen molar-refractivity contribution in [3.63, 3.8) is 0 Å². The van der Waals surface area contributed by atoms with Crippen LogP contribution in [0, 0.1) is 0 Å². The van der Waals surface area contributed by atoms with E-state index in [2.05, 4.69) is 33.5 Å². The fourth-order valence-corrected chi connectivity index (χ4v) is 4.32. The number of hydrogen-bond acceptors (Lipinski definition) is 5. The zero-order chi connectivity index (χ0) is 21.9. The normalized spacial score (nSPS) is 14.6. The molecule has 1 aliphatic rings. The van der Waals surface area contributed by atoms with E-state index in [0.29, 0.717) is 18.0 Å². The van der Waals surface area contributed by atoms with Crippen molar-refractivity contribution in [2.75, 3.05) is 18.4 Å². The maximum atomic E-state index is 12.8. The summed E-state index contributed by atoms with van der Waals surface area (Å²) in [5.41, 5.74) is 4.91. The van der Waals surface area contributed by atoms with Crippen LogP contribution < -0.4 is 5.32 Å². The first kappa shape index (κ1) is 20.2. The number of benzene rings is 1. The van der Waals surface area contributed by atoms with Crippen LogP contribution in [0.1, 0.15) is 40.4 Å². The fourth-order valence-electron chi connectivity index (χ4n) is 4.32. The molecule has 5 rings (SSSR count). The molecule has 1 N–H and O–H groups in total. The summed E-state index contributed by atoms with van der Waals surface area (Å²) in [6.07, 6.45) is 6.95. The topological polar surface area (TPSA) is 75.9 Å². The van der Waals surface area contributed by atoms with Gasteiger partial charge < -0.3 is 14.8 Å². The van der Waals surface area contributed by atoms with Crippen molar-refractivity contribution in [2.45, 2.75) is 25.3 Å². The summed E-state index contributed by atoms with van der Waals surface area (Å²) >= 11 is 0. The summed E-state index contributed by atoms with van der Waals surface area (Å²) in [6, 6.07) is 16.0. The van der Waals surface area contributed by atoms with E-state index in [1.807, 2.05) is 41.0 Å². The SMILES string of the molecule is Cn1cnc2c(NCc3ccccc3)nc(C3CCN(C(=O)c4ccncc4)CC3)cc21. The first-order valence-corrected chi connectivity index (χ1v) is 11.0. The van der Waals surface area contributed by atoms with Crippen molar-refractivity contribution >= 4 is 22.8 Å². The van der Waals surface area contributed by atoms with E-state index < -0.39 is 0 Å². The fraction of sp³-hybridized carbons (Fsp3) is 0.280. The quantitative estimate of drug-likeness (QED) is 0.522. The van der Waals surface area contributed by atoms with Crippen LogP contribution in [0.15, 0.2) is 67.3 Å². The van der Waals surface area contributed by atoms with Gasteiger partial charge in [0.25, 0.3) is 5.91 Å². The van der Waals surface area contributed by atoms with Crippen molar-refractivity contribution in [2.24, 2.45) is 7.05 Å². The molecule has 3 aromatic heterocycles. The molecule has 1 amide bonds. The molecular weight excluding hydrogens is 400 g/mol. The number of rotatable bonds is 5. The van der Waals surface area contributed by atoms with Gasteiger partial charge in [-0.25, -0.2) is 9.97 Å². The molecular formula is C25H26N6O. The lowest BCUT2D eigenvalue weighted by Gasteiger charge is -2.32. The second kappa shape index (κ2) is 8.78. The predicted molar refractivity (Wildman–Crippen MR) is 124 cm³/mol. The van der Waals surface area contributed by atoms with Crippen molar-refractivity contribution in [3.8, 4) is 0 Å². The van der Waals surface area contributed by atoms with Crippen LogP contribution in [0.3, 0.4) is 0 Å². The van der Waals surface area contributed by atoms with Gasteiger partial charge in [-0.05, 0) is 36.6 Å². The molecule has 1 aromatic carbocycles. The summed E-state index contributed by atoms with van der Waals surface area (Å²) in [4.78, 5) is 28.2. The second-order valence-corrected chi connectivity index (χ2v) is 8.26. The molecule has 0 spiro atoms. The number of aryl methyl sites for hydroxylation is 1. The summed E-state index contributed by atoms with van der Waals surface area (Å²) in [6.45, 7) is 2.15. The maximum absolute atomic E-state index is 12.8. The van der Waals surface area contributed by atoms with Gasteiger partial charge in [-0.3, -0.25) is 9.78 Å². The van der Waals surface area contributed by atoms with Crippen molar-refractivity contribution in [3.05, 3.63) is 84.1 Å². The molecule has 1 saturated heterocycles. The minimum Gasteiger partial charge on any atom is -0.364 e. The number of carbonyl (C=O) groups excluding carboxylic acids is 1. The Labute approximate surface area is 187 Å². The van der Waals surface area contributed by atoms with Crippen molar-refractivity contribution < 1.29 is 4.79 Å². The zero-order valence-corrected chi connectivity index (χ0v) is 18.1. The molecule has 0 atom stereocenters. The van der Waals surface area contributed by atoms with Crippen LogP contribution in [-0.4, -0.2) is 43.4 Å². The van der Waals surface area contributed by atoms with Gasteiger partial charge >= 0.3 is 0 Å². The monoisotopic (exact) mass is 426 g/mol. The van der Waals surface area contributed by atoms with E-state index in [-0.39, 0.29) is 5.91 Å². The number of carbonyl (C=O) groups is 1. The van der Waals surface area contributed by atoms with Crippen LogP contribution in [0.2, 0.25) is 0 Å². The van der Waals surface area contributed by atoms with Gasteiger partial charge in [0, 0.05) is 56.3 Å². The molecule has 7 heteroatoms. The lowest BCUT2D eigenvalue weighted by molar-refractivity contribution is 0.0712.